The van der Waals surface area contributed by atoms with E-state index in [9.17, 15) is 9.59 Å². The number of nitrogens with zero attached hydrogens (tertiary/aromatic N) is 1. The molecule has 21 heavy (non-hydrogen) atoms. The van der Waals surface area contributed by atoms with Crippen LogP contribution in [0.1, 0.15) is 58.3 Å². The molecule has 2 amide bonds. The van der Waals surface area contributed by atoms with Gasteiger partial charge in [0, 0.05) is 19.5 Å². The van der Waals surface area contributed by atoms with Crippen LogP contribution in [0, 0.1) is 0 Å². The Bertz CT molecular complexity index is 283. The molecule has 0 aromatic carbocycles. The summed E-state index contributed by atoms with van der Waals surface area (Å²) in [6.45, 7) is 4.02. The summed E-state index contributed by atoms with van der Waals surface area (Å²) in [6, 6.07) is -0.268. The monoisotopic (exact) mass is 317 g/mol. The Morgan fingerprint density at radius 3 is 2.67 bits per heavy atom. The highest BCUT2D eigenvalue weighted by Gasteiger charge is 2.31. The lowest BCUT2D eigenvalue weighted by atomic mass is 10.00. The average Bonchev–Trinajstić information content (AvgIpc) is 2.47. The lowest BCUT2D eigenvalue weighted by Gasteiger charge is -2.34. The third kappa shape index (κ3) is 7.18. The van der Waals surface area contributed by atoms with Crippen molar-refractivity contribution in [2.75, 3.05) is 19.6 Å². The fraction of sp³-hybridized carbons (Fsp3) is 0.867. The molecule has 1 aliphatic heterocycles. The molecule has 1 heterocycles. The van der Waals surface area contributed by atoms with Crippen LogP contribution in [0.25, 0.3) is 0 Å². The average molecular weight is 317 g/mol. The minimum Gasteiger partial charge on any atom is -0.354 e. The van der Waals surface area contributed by atoms with Crippen LogP contribution in [0.4, 0.5) is 0 Å². The molecule has 0 aromatic rings. The van der Waals surface area contributed by atoms with Crippen LogP contribution in [0.3, 0.4) is 0 Å². The summed E-state index contributed by atoms with van der Waals surface area (Å²) in [7, 11) is 0. The first-order chi connectivity index (χ1) is 9.70. The third-order valence-electron chi connectivity index (χ3n) is 3.80. The van der Waals surface area contributed by atoms with E-state index < -0.39 is 0 Å². The van der Waals surface area contributed by atoms with Crippen molar-refractivity contribution in [3.63, 3.8) is 0 Å². The molecule has 0 aromatic heterocycles. The number of nitrogens with one attached hydrogen (secondary N) is 1. The lowest BCUT2D eigenvalue weighted by molar-refractivity contribution is -0.142. The minimum absolute atomic E-state index is 0. The second-order valence-electron chi connectivity index (χ2n) is 5.49. The molecular formula is C15H31N3O2S. The Morgan fingerprint density at radius 1 is 1.24 bits per heavy atom. The predicted octanol–water partition coefficient (Wildman–Crippen LogP) is 1.53. The zero-order valence-corrected chi connectivity index (χ0v) is 14.2. The van der Waals surface area contributed by atoms with Crippen LogP contribution in [-0.2, 0) is 9.59 Å². The molecule has 1 fully saturated rings. The second-order valence-corrected chi connectivity index (χ2v) is 5.49. The number of rotatable bonds is 8. The quantitative estimate of drug-likeness (QED) is 0.667. The van der Waals surface area contributed by atoms with Gasteiger partial charge in [-0.05, 0) is 38.6 Å². The second kappa shape index (κ2) is 11.9. The summed E-state index contributed by atoms with van der Waals surface area (Å²) in [5.74, 6) is 0.124. The Balaban J connectivity index is 0.00000400. The van der Waals surface area contributed by atoms with Crippen molar-refractivity contribution in [2.24, 2.45) is 5.73 Å². The molecule has 6 heteroatoms. The van der Waals surface area contributed by atoms with E-state index in [-0.39, 0.29) is 31.4 Å². The van der Waals surface area contributed by atoms with Gasteiger partial charge in [0.05, 0.1) is 0 Å². The topological polar surface area (TPSA) is 75.4 Å². The number of carbonyl (C=O) groups excluding carboxylic acids is 2. The highest BCUT2D eigenvalue weighted by Crippen LogP contribution is 2.19. The Kier molecular flexibility index (Phi) is 11.4. The SMILES string of the molecule is CCCCCC(=O)N1CCCCC1C(=O)NCCCN.S. The highest BCUT2D eigenvalue weighted by molar-refractivity contribution is 7.59. The zero-order chi connectivity index (χ0) is 14.8. The predicted molar refractivity (Wildman–Crippen MR) is 90.6 cm³/mol. The number of hydrogen-bond acceptors (Lipinski definition) is 3. The molecule has 1 aliphatic rings. The van der Waals surface area contributed by atoms with Gasteiger partial charge in [-0.25, -0.2) is 0 Å². The van der Waals surface area contributed by atoms with Crippen LogP contribution in [0.15, 0.2) is 0 Å². The van der Waals surface area contributed by atoms with Gasteiger partial charge in [-0.1, -0.05) is 19.8 Å². The van der Waals surface area contributed by atoms with Crippen molar-refractivity contribution >= 4 is 25.3 Å². The van der Waals surface area contributed by atoms with E-state index in [1.807, 2.05) is 0 Å². The van der Waals surface area contributed by atoms with Crippen molar-refractivity contribution in [3.05, 3.63) is 0 Å². The molecule has 1 rings (SSSR count). The van der Waals surface area contributed by atoms with Gasteiger partial charge < -0.3 is 16.0 Å². The summed E-state index contributed by atoms with van der Waals surface area (Å²) in [5.41, 5.74) is 5.42. The molecule has 0 saturated carbocycles. The van der Waals surface area contributed by atoms with E-state index in [4.69, 9.17) is 5.73 Å². The van der Waals surface area contributed by atoms with Crippen LogP contribution in [0.5, 0.6) is 0 Å². The number of piperidine rings is 1. The Morgan fingerprint density at radius 2 is 2.00 bits per heavy atom. The summed E-state index contributed by atoms with van der Waals surface area (Å²) < 4.78 is 0. The standard InChI is InChI=1S/C15H29N3O2.H2S/c1-2-3-4-9-14(19)18-12-6-5-8-13(18)15(20)17-11-7-10-16;/h13H,2-12,16H2,1H3,(H,17,20);1H2. The molecule has 0 spiro atoms. The molecule has 0 bridgehead atoms. The molecule has 124 valence electrons. The van der Waals surface area contributed by atoms with E-state index in [1.165, 1.54) is 0 Å². The van der Waals surface area contributed by atoms with Crippen molar-refractivity contribution in [1.29, 1.82) is 0 Å². The fourth-order valence-electron chi connectivity index (χ4n) is 2.60. The molecular weight excluding hydrogens is 286 g/mol. The molecule has 5 nitrogen and oxygen atoms in total. The van der Waals surface area contributed by atoms with Crippen molar-refractivity contribution in [1.82, 2.24) is 10.2 Å². The largest absolute Gasteiger partial charge is 0.354 e. The van der Waals surface area contributed by atoms with Gasteiger partial charge in [0.15, 0.2) is 0 Å². The molecule has 1 unspecified atom stereocenters. The van der Waals surface area contributed by atoms with Gasteiger partial charge in [0.2, 0.25) is 11.8 Å². The van der Waals surface area contributed by atoms with E-state index >= 15 is 0 Å². The smallest absolute Gasteiger partial charge is 0.242 e. The van der Waals surface area contributed by atoms with Crippen LogP contribution in [0.2, 0.25) is 0 Å². The van der Waals surface area contributed by atoms with E-state index in [2.05, 4.69) is 12.2 Å². The number of hydrogen-bond donors (Lipinski definition) is 2. The third-order valence-corrected chi connectivity index (χ3v) is 3.80. The summed E-state index contributed by atoms with van der Waals surface area (Å²) >= 11 is 0. The van der Waals surface area contributed by atoms with Gasteiger partial charge >= 0.3 is 0 Å². The van der Waals surface area contributed by atoms with Gasteiger partial charge in [0.1, 0.15) is 6.04 Å². The van der Waals surface area contributed by atoms with Crippen LogP contribution in [-0.4, -0.2) is 42.4 Å². The number of likely N-dealkylation sites (tertiary alicyclic amines) is 1. The van der Waals surface area contributed by atoms with Crippen LogP contribution < -0.4 is 11.1 Å². The van der Waals surface area contributed by atoms with Crippen molar-refractivity contribution < 1.29 is 9.59 Å². The lowest BCUT2D eigenvalue weighted by Crippen LogP contribution is -2.52. The van der Waals surface area contributed by atoms with Crippen molar-refractivity contribution in [2.45, 2.75) is 64.3 Å². The molecule has 1 atom stereocenters. The molecule has 3 N–H and O–H groups in total. The minimum atomic E-state index is -0.268. The summed E-state index contributed by atoms with van der Waals surface area (Å²) in [6.07, 6.45) is 7.27. The Labute approximate surface area is 135 Å². The first-order valence-electron chi connectivity index (χ1n) is 7.98. The number of nitrogens with two attached hydrogens (primary N) is 1. The molecule has 0 radical (unpaired) electrons. The van der Waals surface area contributed by atoms with Gasteiger partial charge in [-0.15, -0.1) is 0 Å². The maximum absolute atomic E-state index is 12.2. The normalized spacial score (nSPS) is 18.0. The highest BCUT2D eigenvalue weighted by atomic mass is 32.1. The van der Waals surface area contributed by atoms with E-state index in [1.54, 1.807) is 4.90 Å². The maximum Gasteiger partial charge on any atom is 0.242 e. The number of carbonyl (C=O) groups is 2. The first kappa shape index (κ1) is 20.2. The van der Waals surface area contributed by atoms with Gasteiger partial charge in [-0.3, -0.25) is 9.59 Å². The molecule has 1 saturated heterocycles. The van der Waals surface area contributed by atoms with Gasteiger partial charge in [0.25, 0.3) is 0 Å². The summed E-state index contributed by atoms with van der Waals surface area (Å²) in [5, 5.41) is 2.89. The van der Waals surface area contributed by atoms with E-state index in [0.29, 0.717) is 19.5 Å². The number of unbranched alkanes of at least 4 members (excludes halogenated alkanes) is 2. The first-order valence-corrected chi connectivity index (χ1v) is 7.98. The summed E-state index contributed by atoms with van der Waals surface area (Å²) in [4.78, 5) is 26.2. The maximum atomic E-state index is 12.2. The fourth-order valence-corrected chi connectivity index (χ4v) is 2.60. The van der Waals surface area contributed by atoms with Gasteiger partial charge in [-0.2, -0.15) is 13.5 Å². The zero-order valence-electron chi connectivity index (χ0n) is 13.2. The van der Waals surface area contributed by atoms with E-state index in [0.717, 1.165) is 51.5 Å². The van der Waals surface area contributed by atoms with Crippen molar-refractivity contribution in [3.8, 4) is 0 Å². The van der Waals surface area contributed by atoms with Crippen LogP contribution >= 0.6 is 13.5 Å². The number of amides is 2. The Hall–Kier alpha value is -0.750. The molecule has 0 aliphatic carbocycles.